The van der Waals surface area contributed by atoms with Crippen molar-refractivity contribution in [3.05, 3.63) is 29.5 Å². The van der Waals surface area contributed by atoms with Crippen LogP contribution in [0.25, 0.3) is 6.08 Å². The van der Waals surface area contributed by atoms with Crippen LogP contribution in [0.15, 0.2) is 23.9 Å². The van der Waals surface area contributed by atoms with Crippen molar-refractivity contribution in [2.75, 3.05) is 21.3 Å². The van der Waals surface area contributed by atoms with Gasteiger partial charge in [-0.05, 0) is 36.6 Å². The number of carbonyl (C=O) groups is 2. The number of ether oxygens (including phenoxy) is 2. The lowest BCUT2D eigenvalue weighted by molar-refractivity contribution is -0.130. The molecule has 6 nitrogen and oxygen atoms in total. The number of rotatable bonds is 6. The van der Waals surface area contributed by atoms with Gasteiger partial charge in [0.1, 0.15) is 5.70 Å². The summed E-state index contributed by atoms with van der Waals surface area (Å²) in [5.74, 6) is 0.719. The van der Waals surface area contributed by atoms with Crippen LogP contribution in [0.5, 0.6) is 11.5 Å². The fourth-order valence-electron chi connectivity index (χ4n) is 3.27. The molecule has 0 unspecified atom stereocenters. The second-order valence-corrected chi connectivity index (χ2v) is 6.56. The first-order valence-electron chi connectivity index (χ1n) is 8.94. The number of amides is 2. The zero-order chi connectivity index (χ0) is 19.1. The highest BCUT2D eigenvalue weighted by Gasteiger charge is 2.25. The molecule has 1 aliphatic rings. The van der Waals surface area contributed by atoms with E-state index in [4.69, 9.17) is 9.47 Å². The molecule has 1 N–H and O–H groups in total. The van der Waals surface area contributed by atoms with Crippen LogP contribution in [-0.2, 0) is 9.59 Å². The Bertz CT molecular complexity index is 678. The summed E-state index contributed by atoms with van der Waals surface area (Å²) in [6.45, 7) is 1.40. The quantitative estimate of drug-likeness (QED) is 0.792. The third-order valence-electron chi connectivity index (χ3n) is 4.70. The first kappa shape index (κ1) is 19.8. The molecule has 1 aliphatic carbocycles. The molecule has 0 saturated heterocycles. The smallest absolute Gasteiger partial charge is 0.270 e. The summed E-state index contributed by atoms with van der Waals surface area (Å²) < 4.78 is 10.5. The van der Waals surface area contributed by atoms with Crippen molar-refractivity contribution in [1.82, 2.24) is 10.2 Å². The summed E-state index contributed by atoms with van der Waals surface area (Å²) in [6.07, 6.45) is 7.18. The molecule has 0 radical (unpaired) electrons. The zero-order valence-corrected chi connectivity index (χ0v) is 16.0. The Hall–Kier alpha value is -2.50. The first-order valence-corrected chi connectivity index (χ1v) is 8.94. The Morgan fingerprint density at radius 1 is 1.12 bits per heavy atom. The lowest BCUT2D eigenvalue weighted by atomic mass is 9.94. The Kier molecular flexibility index (Phi) is 7.06. The van der Waals surface area contributed by atoms with E-state index in [9.17, 15) is 9.59 Å². The van der Waals surface area contributed by atoms with E-state index in [0.29, 0.717) is 11.5 Å². The molecular formula is C20H28N2O4. The minimum Gasteiger partial charge on any atom is -0.493 e. The second-order valence-electron chi connectivity index (χ2n) is 6.56. The molecular weight excluding hydrogens is 332 g/mol. The topological polar surface area (TPSA) is 67.9 Å². The van der Waals surface area contributed by atoms with Gasteiger partial charge in [0.25, 0.3) is 5.91 Å². The van der Waals surface area contributed by atoms with Crippen molar-refractivity contribution in [3.63, 3.8) is 0 Å². The Morgan fingerprint density at radius 3 is 2.35 bits per heavy atom. The summed E-state index contributed by atoms with van der Waals surface area (Å²) in [5, 5.41) is 2.67. The van der Waals surface area contributed by atoms with Gasteiger partial charge >= 0.3 is 0 Å². The summed E-state index contributed by atoms with van der Waals surface area (Å²) in [6, 6.07) is 5.58. The highest BCUT2D eigenvalue weighted by atomic mass is 16.5. The number of nitrogens with one attached hydrogen (secondary N) is 1. The van der Waals surface area contributed by atoms with Gasteiger partial charge in [0.05, 0.1) is 14.2 Å². The maximum absolute atomic E-state index is 12.9. The van der Waals surface area contributed by atoms with Crippen molar-refractivity contribution in [1.29, 1.82) is 0 Å². The van der Waals surface area contributed by atoms with E-state index < -0.39 is 0 Å². The molecule has 0 bridgehead atoms. The zero-order valence-electron chi connectivity index (χ0n) is 16.0. The van der Waals surface area contributed by atoms with Crippen LogP contribution in [0.1, 0.15) is 44.6 Å². The van der Waals surface area contributed by atoms with Gasteiger partial charge in [-0.15, -0.1) is 0 Å². The van der Waals surface area contributed by atoms with E-state index in [1.807, 2.05) is 13.1 Å². The molecule has 26 heavy (non-hydrogen) atoms. The number of hydrogen-bond acceptors (Lipinski definition) is 4. The molecule has 2 rings (SSSR count). The Labute approximate surface area is 155 Å². The molecule has 1 fully saturated rings. The SMILES string of the molecule is COc1ccc(/C=C(/NC(C)=O)C(=O)N(C)C2CCCCC2)cc1OC. The summed E-state index contributed by atoms with van der Waals surface area (Å²) in [5.41, 5.74) is 1.01. The van der Waals surface area contributed by atoms with Gasteiger partial charge in [-0.2, -0.15) is 0 Å². The maximum Gasteiger partial charge on any atom is 0.270 e. The lowest BCUT2D eigenvalue weighted by Crippen LogP contribution is -2.42. The van der Waals surface area contributed by atoms with E-state index in [1.54, 1.807) is 37.3 Å². The molecule has 2 amide bonds. The average molecular weight is 360 g/mol. The van der Waals surface area contributed by atoms with E-state index in [1.165, 1.54) is 13.3 Å². The lowest BCUT2D eigenvalue weighted by Gasteiger charge is -2.31. The summed E-state index contributed by atoms with van der Waals surface area (Å²) in [4.78, 5) is 26.3. The molecule has 1 aromatic carbocycles. The number of nitrogens with zero attached hydrogens (tertiary/aromatic N) is 1. The predicted octanol–water partition coefficient (Wildman–Crippen LogP) is 2.97. The van der Waals surface area contributed by atoms with Crippen LogP contribution in [0.2, 0.25) is 0 Å². The van der Waals surface area contributed by atoms with Crippen LogP contribution in [-0.4, -0.2) is 44.0 Å². The van der Waals surface area contributed by atoms with Crippen LogP contribution < -0.4 is 14.8 Å². The molecule has 0 aromatic heterocycles. The van der Waals surface area contributed by atoms with E-state index in [0.717, 1.165) is 31.2 Å². The van der Waals surface area contributed by atoms with Crippen molar-refractivity contribution >= 4 is 17.9 Å². The standard InChI is InChI=1S/C20H28N2O4/c1-14(23)21-17(20(24)22(2)16-8-6-5-7-9-16)12-15-10-11-18(25-3)19(13-15)26-4/h10-13,16H,5-9H2,1-4H3,(H,21,23)/b17-12+. The van der Waals surface area contributed by atoms with Gasteiger partial charge < -0.3 is 19.7 Å². The number of methoxy groups -OCH3 is 2. The number of benzene rings is 1. The minimum absolute atomic E-state index is 0.179. The van der Waals surface area contributed by atoms with E-state index in [2.05, 4.69) is 5.32 Å². The molecule has 0 heterocycles. The number of hydrogen-bond donors (Lipinski definition) is 1. The fourth-order valence-corrected chi connectivity index (χ4v) is 3.27. The average Bonchev–Trinajstić information content (AvgIpc) is 2.66. The van der Waals surface area contributed by atoms with Gasteiger partial charge in [0.2, 0.25) is 5.91 Å². The van der Waals surface area contributed by atoms with Gasteiger partial charge in [-0.3, -0.25) is 9.59 Å². The summed E-state index contributed by atoms with van der Waals surface area (Å²) in [7, 11) is 4.93. The maximum atomic E-state index is 12.9. The van der Waals surface area contributed by atoms with Gasteiger partial charge in [-0.1, -0.05) is 25.3 Å². The molecule has 6 heteroatoms. The summed E-state index contributed by atoms with van der Waals surface area (Å²) >= 11 is 0. The van der Waals surface area contributed by atoms with Crippen molar-refractivity contribution in [2.45, 2.75) is 45.1 Å². The van der Waals surface area contributed by atoms with Crippen LogP contribution in [0, 0.1) is 0 Å². The molecule has 0 atom stereocenters. The third kappa shape index (κ3) is 5.00. The molecule has 0 spiro atoms. The van der Waals surface area contributed by atoms with Crippen molar-refractivity contribution < 1.29 is 19.1 Å². The van der Waals surface area contributed by atoms with E-state index >= 15 is 0 Å². The normalized spacial score (nSPS) is 15.3. The van der Waals surface area contributed by atoms with Gasteiger partial charge in [-0.25, -0.2) is 0 Å². The first-order chi connectivity index (χ1) is 12.5. The highest BCUT2D eigenvalue weighted by Crippen LogP contribution is 2.28. The number of carbonyl (C=O) groups excluding carboxylic acids is 2. The minimum atomic E-state index is -0.276. The largest absolute Gasteiger partial charge is 0.493 e. The fraction of sp³-hybridized carbons (Fsp3) is 0.500. The van der Waals surface area contributed by atoms with Gasteiger partial charge in [0.15, 0.2) is 11.5 Å². The van der Waals surface area contributed by atoms with Crippen LogP contribution >= 0.6 is 0 Å². The monoisotopic (exact) mass is 360 g/mol. The number of likely N-dealkylation sites (N-methyl/N-ethyl adjacent to an activating group) is 1. The predicted molar refractivity (Wildman–Crippen MR) is 101 cm³/mol. The van der Waals surface area contributed by atoms with Crippen LogP contribution in [0.4, 0.5) is 0 Å². The molecule has 142 valence electrons. The van der Waals surface area contributed by atoms with Crippen LogP contribution in [0.3, 0.4) is 0 Å². The van der Waals surface area contributed by atoms with Crippen molar-refractivity contribution in [2.24, 2.45) is 0 Å². The Balaban J connectivity index is 2.29. The van der Waals surface area contributed by atoms with Crippen molar-refractivity contribution in [3.8, 4) is 11.5 Å². The molecule has 1 aromatic rings. The molecule has 1 saturated carbocycles. The second kappa shape index (κ2) is 9.27. The third-order valence-corrected chi connectivity index (χ3v) is 4.70. The molecule has 0 aliphatic heterocycles. The van der Waals surface area contributed by atoms with Gasteiger partial charge in [0, 0.05) is 20.0 Å². The Morgan fingerprint density at radius 2 is 1.77 bits per heavy atom. The van der Waals surface area contributed by atoms with E-state index in [-0.39, 0.29) is 23.6 Å². The highest BCUT2D eigenvalue weighted by molar-refractivity contribution is 6.01.